The van der Waals surface area contributed by atoms with Gasteiger partial charge >= 0.3 is 0 Å². The van der Waals surface area contributed by atoms with Crippen molar-refractivity contribution in [3.63, 3.8) is 0 Å². The molecule has 3 N–H and O–H groups in total. The molecule has 16 heavy (non-hydrogen) atoms. The summed E-state index contributed by atoms with van der Waals surface area (Å²) >= 11 is 3.37. The summed E-state index contributed by atoms with van der Waals surface area (Å²) in [6, 6.07) is 7.65. The lowest BCUT2D eigenvalue weighted by atomic mass is 9.97. The van der Waals surface area contributed by atoms with E-state index >= 15 is 0 Å². The Morgan fingerprint density at radius 2 is 1.81 bits per heavy atom. The minimum Gasteiger partial charge on any atom is -0.306 e. The molecule has 0 saturated carbocycles. The highest BCUT2D eigenvalue weighted by atomic mass is 79.9. The van der Waals surface area contributed by atoms with Gasteiger partial charge in [-0.2, -0.15) is 0 Å². The van der Waals surface area contributed by atoms with E-state index in [2.05, 4.69) is 47.6 Å². The molecule has 3 nitrogen and oxygen atoms in total. The topological polar surface area (TPSA) is 47.9 Å². The van der Waals surface area contributed by atoms with E-state index in [-0.39, 0.29) is 5.41 Å². The van der Waals surface area contributed by atoms with Crippen LogP contribution in [0.4, 0.5) is 0 Å². The maximum atomic E-state index is 7.82. The maximum absolute atomic E-state index is 7.82. The van der Waals surface area contributed by atoms with Gasteiger partial charge in [0.25, 0.3) is 0 Å². The van der Waals surface area contributed by atoms with Crippen molar-refractivity contribution in [3.8, 4) is 0 Å². The highest BCUT2D eigenvalue weighted by molar-refractivity contribution is 9.10. The average Bonchev–Trinajstić information content (AvgIpc) is 2.16. The van der Waals surface area contributed by atoms with Crippen LogP contribution in [0.25, 0.3) is 0 Å². The molecule has 1 aromatic carbocycles. The number of rotatable bonds is 3. The molecule has 0 aromatic heterocycles. The van der Waals surface area contributed by atoms with E-state index in [1.165, 1.54) is 0 Å². The summed E-state index contributed by atoms with van der Waals surface area (Å²) < 4.78 is 1.02. The van der Waals surface area contributed by atoms with Gasteiger partial charge in [-0.25, -0.2) is 5.43 Å². The van der Waals surface area contributed by atoms with Crippen molar-refractivity contribution >= 4 is 21.8 Å². The van der Waals surface area contributed by atoms with E-state index in [1.54, 1.807) is 0 Å². The van der Waals surface area contributed by atoms with Gasteiger partial charge in [0.1, 0.15) is 5.84 Å². The van der Waals surface area contributed by atoms with Crippen LogP contribution < -0.4 is 10.9 Å². The van der Waals surface area contributed by atoms with Gasteiger partial charge < -0.3 is 5.43 Å². The molecule has 0 radical (unpaired) electrons. The molecule has 0 atom stereocenters. The van der Waals surface area contributed by atoms with Crippen molar-refractivity contribution in [1.29, 1.82) is 5.41 Å². The Morgan fingerprint density at radius 1 is 1.25 bits per heavy atom. The third-order valence-corrected chi connectivity index (χ3v) is 2.49. The summed E-state index contributed by atoms with van der Waals surface area (Å²) in [6.07, 6.45) is 0. The number of benzene rings is 1. The Morgan fingerprint density at radius 3 is 2.31 bits per heavy atom. The molecule has 0 saturated heterocycles. The van der Waals surface area contributed by atoms with Gasteiger partial charge in [-0.15, -0.1) is 0 Å². The molecule has 0 spiro atoms. The van der Waals surface area contributed by atoms with Crippen molar-refractivity contribution in [2.75, 3.05) is 6.54 Å². The van der Waals surface area contributed by atoms with Crippen molar-refractivity contribution in [2.45, 2.75) is 20.8 Å². The second-order valence-corrected chi connectivity index (χ2v) is 5.84. The molecule has 0 aliphatic rings. The Labute approximate surface area is 105 Å². The molecule has 0 fully saturated rings. The molecule has 4 heteroatoms. The molecule has 0 aliphatic carbocycles. The zero-order valence-electron chi connectivity index (χ0n) is 9.89. The molecule has 0 amide bonds. The normalized spacial score (nSPS) is 11.2. The average molecular weight is 284 g/mol. The summed E-state index contributed by atoms with van der Waals surface area (Å²) in [5.74, 6) is 0.386. The minimum absolute atomic E-state index is 0.201. The molecule has 0 aliphatic heterocycles. The fourth-order valence-electron chi connectivity index (χ4n) is 1.09. The van der Waals surface area contributed by atoms with Gasteiger partial charge in [0.2, 0.25) is 0 Å². The molecular weight excluding hydrogens is 266 g/mol. The number of hydrogen-bond donors (Lipinski definition) is 3. The van der Waals surface area contributed by atoms with Gasteiger partial charge in [-0.05, 0) is 17.5 Å². The van der Waals surface area contributed by atoms with Crippen molar-refractivity contribution < 1.29 is 0 Å². The van der Waals surface area contributed by atoms with Crippen LogP contribution in [0.1, 0.15) is 26.3 Å². The van der Waals surface area contributed by atoms with E-state index in [4.69, 9.17) is 5.41 Å². The molecule has 0 unspecified atom stereocenters. The minimum atomic E-state index is 0.201. The van der Waals surface area contributed by atoms with E-state index in [0.29, 0.717) is 5.84 Å². The fourth-order valence-corrected chi connectivity index (χ4v) is 1.35. The number of halogens is 1. The lowest BCUT2D eigenvalue weighted by Gasteiger charge is -2.19. The van der Waals surface area contributed by atoms with E-state index in [1.807, 2.05) is 24.3 Å². The molecule has 88 valence electrons. The van der Waals surface area contributed by atoms with Gasteiger partial charge in [0.15, 0.2) is 0 Å². The van der Waals surface area contributed by atoms with Crippen molar-refractivity contribution in [3.05, 3.63) is 34.3 Å². The summed E-state index contributed by atoms with van der Waals surface area (Å²) in [4.78, 5) is 0. The summed E-state index contributed by atoms with van der Waals surface area (Å²) in [5.41, 5.74) is 7.01. The molecule has 1 aromatic rings. The second kappa shape index (κ2) is 5.46. The molecule has 1 rings (SSSR count). The third kappa shape index (κ3) is 4.77. The third-order valence-electron chi connectivity index (χ3n) is 1.97. The first-order valence-corrected chi connectivity index (χ1v) is 6.01. The second-order valence-electron chi connectivity index (χ2n) is 4.92. The smallest absolute Gasteiger partial charge is 0.139 e. The van der Waals surface area contributed by atoms with Gasteiger partial charge in [0, 0.05) is 16.6 Å². The van der Waals surface area contributed by atoms with Crippen LogP contribution in [0.15, 0.2) is 28.7 Å². The fraction of sp³-hybridized carbons (Fsp3) is 0.417. The van der Waals surface area contributed by atoms with E-state index < -0.39 is 0 Å². The lowest BCUT2D eigenvalue weighted by Crippen LogP contribution is -2.41. The van der Waals surface area contributed by atoms with Crippen molar-refractivity contribution in [1.82, 2.24) is 10.9 Å². The predicted octanol–water partition coefficient (Wildman–Crippen LogP) is 2.91. The van der Waals surface area contributed by atoms with Gasteiger partial charge in [-0.3, -0.25) is 5.41 Å². The largest absolute Gasteiger partial charge is 0.306 e. The van der Waals surface area contributed by atoms with Crippen LogP contribution in [-0.2, 0) is 0 Å². The maximum Gasteiger partial charge on any atom is 0.139 e. The zero-order valence-corrected chi connectivity index (χ0v) is 11.5. The SMILES string of the molecule is CC(C)(C)CNNC(=N)c1ccc(Br)cc1. The van der Waals surface area contributed by atoms with E-state index in [0.717, 1.165) is 16.6 Å². The molecular formula is C12H18BrN3. The lowest BCUT2D eigenvalue weighted by molar-refractivity contribution is 0.371. The summed E-state index contributed by atoms with van der Waals surface area (Å²) in [6.45, 7) is 7.24. The van der Waals surface area contributed by atoms with Gasteiger partial charge in [0.05, 0.1) is 0 Å². The Kier molecular flexibility index (Phi) is 4.50. The number of hydrazine groups is 1. The monoisotopic (exact) mass is 283 g/mol. The summed E-state index contributed by atoms with van der Waals surface area (Å²) in [5, 5.41) is 7.82. The quantitative estimate of drug-likeness (QED) is 0.454. The Bertz CT molecular complexity index is 352. The van der Waals surface area contributed by atoms with E-state index in [9.17, 15) is 0 Å². The number of nitrogens with one attached hydrogen (secondary N) is 3. The van der Waals surface area contributed by atoms with Crippen LogP contribution in [0.5, 0.6) is 0 Å². The first-order chi connectivity index (χ1) is 7.38. The first kappa shape index (κ1) is 13.2. The Balaban J connectivity index is 2.44. The Hall–Kier alpha value is -0.870. The van der Waals surface area contributed by atoms with Crippen LogP contribution >= 0.6 is 15.9 Å². The first-order valence-electron chi connectivity index (χ1n) is 5.22. The van der Waals surface area contributed by atoms with Crippen LogP contribution in [-0.4, -0.2) is 12.4 Å². The molecule has 0 bridgehead atoms. The van der Waals surface area contributed by atoms with Gasteiger partial charge in [-0.1, -0.05) is 48.8 Å². The zero-order chi connectivity index (χ0) is 12.2. The summed E-state index contributed by atoms with van der Waals surface area (Å²) in [7, 11) is 0. The highest BCUT2D eigenvalue weighted by Crippen LogP contribution is 2.11. The van der Waals surface area contributed by atoms with Crippen LogP contribution in [0.3, 0.4) is 0 Å². The standard InChI is InChI=1S/C12H18BrN3/c1-12(2,3)8-15-16-11(14)9-4-6-10(13)7-5-9/h4-7,15H,8H2,1-3H3,(H2,14,16). The predicted molar refractivity (Wildman–Crippen MR) is 71.6 cm³/mol. The van der Waals surface area contributed by atoms with Crippen molar-refractivity contribution in [2.24, 2.45) is 5.41 Å². The van der Waals surface area contributed by atoms with Crippen LogP contribution in [0.2, 0.25) is 0 Å². The van der Waals surface area contributed by atoms with Crippen LogP contribution in [0, 0.1) is 10.8 Å². The number of hydrogen-bond acceptors (Lipinski definition) is 2. The highest BCUT2D eigenvalue weighted by Gasteiger charge is 2.09. The number of amidine groups is 1. The molecule has 0 heterocycles.